The van der Waals surface area contributed by atoms with Crippen molar-refractivity contribution in [2.45, 2.75) is 12.5 Å². The molecule has 1 N–H and O–H groups in total. The van der Waals surface area contributed by atoms with E-state index in [1.165, 1.54) is 31.4 Å². The van der Waals surface area contributed by atoms with Gasteiger partial charge in [-0.25, -0.2) is 4.79 Å². The quantitative estimate of drug-likeness (QED) is 0.842. The minimum absolute atomic E-state index is 0.137. The lowest BCUT2D eigenvalue weighted by Crippen LogP contribution is -2.43. The van der Waals surface area contributed by atoms with E-state index in [0.717, 1.165) is 0 Å². The van der Waals surface area contributed by atoms with Gasteiger partial charge in [-0.15, -0.1) is 0 Å². The molecule has 0 saturated heterocycles. The van der Waals surface area contributed by atoms with Crippen LogP contribution in [0.3, 0.4) is 0 Å². The summed E-state index contributed by atoms with van der Waals surface area (Å²) in [5.74, 6) is -1.07. The highest BCUT2D eigenvalue weighted by atomic mass is 16.5. The van der Waals surface area contributed by atoms with Crippen molar-refractivity contribution in [1.29, 1.82) is 10.5 Å². The summed E-state index contributed by atoms with van der Waals surface area (Å²) < 4.78 is 4.75. The Balaban J connectivity index is 2.20. The molecule has 0 saturated carbocycles. The van der Waals surface area contributed by atoms with E-state index in [2.05, 4.69) is 11.4 Å². The van der Waals surface area contributed by atoms with Crippen LogP contribution in [0, 0.1) is 22.7 Å². The van der Waals surface area contributed by atoms with Crippen LogP contribution in [0.4, 0.5) is 0 Å². The molecule has 0 fully saturated rings. The minimum Gasteiger partial charge on any atom is -0.467 e. The molecule has 2 aromatic rings. The summed E-state index contributed by atoms with van der Waals surface area (Å²) in [4.78, 5) is 24.4. The third-order valence-electron chi connectivity index (χ3n) is 3.63. The molecule has 0 radical (unpaired) electrons. The van der Waals surface area contributed by atoms with Gasteiger partial charge in [0.15, 0.2) is 0 Å². The summed E-state index contributed by atoms with van der Waals surface area (Å²) in [7, 11) is 1.24. The molecule has 0 bridgehead atoms. The second kappa shape index (κ2) is 8.28. The molecular weight excluding hydrogens is 318 g/mol. The number of rotatable bonds is 5. The summed E-state index contributed by atoms with van der Waals surface area (Å²) in [5, 5.41) is 20.6. The highest BCUT2D eigenvalue weighted by Gasteiger charge is 2.23. The lowest BCUT2D eigenvalue weighted by molar-refractivity contribution is -0.142. The van der Waals surface area contributed by atoms with E-state index in [1.807, 2.05) is 6.07 Å². The number of methoxy groups -OCH3 is 1. The van der Waals surface area contributed by atoms with Crippen LogP contribution in [-0.4, -0.2) is 25.0 Å². The molecule has 1 amide bonds. The number of esters is 1. The monoisotopic (exact) mass is 333 g/mol. The highest BCUT2D eigenvalue weighted by molar-refractivity contribution is 5.96. The van der Waals surface area contributed by atoms with Gasteiger partial charge < -0.3 is 10.1 Å². The van der Waals surface area contributed by atoms with Crippen LogP contribution >= 0.6 is 0 Å². The van der Waals surface area contributed by atoms with Crippen molar-refractivity contribution >= 4 is 11.9 Å². The second-order valence-corrected chi connectivity index (χ2v) is 5.21. The zero-order valence-corrected chi connectivity index (χ0v) is 13.5. The molecule has 0 aliphatic heterocycles. The zero-order chi connectivity index (χ0) is 18.2. The van der Waals surface area contributed by atoms with Crippen molar-refractivity contribution in [3.8, 4) is 12.1 Å². The van der Waals surface area contributed by atoms with Gasteiger partial charge in [-0.05, 0) is 35.9 Å². The van der Waals surface area contributed by atoms with Crippen LogP contribution in [0.1, 0.15) is 27.0 Å². The number of benzene rings is 2. The van der Waals surface area contributed by atoms with E-state index < -0.39 is 17.9 Å². The van der Waals surface area contributed by atoms with E-state index in [-0.39, 0.29) is 6.42 Å². The average molecular weight is 333 g/mol. The number of nitriles is 2. The molecule has 0 aliphatic carbocycles. The predicted octanol–water partition coefficient (Wildman–Crippen LogP) is 1.94. The Bertz CT molecular complexity index is 861. The predicted molar refractivity (Wildman–Crippen MR) is 89.3 cm³/mol. The van der Waals surface area contributed by atoms with Gasteiger partial charge >= 0.3 is 5.97 Å². The Morgan fingerprint density at radius 1 is 1.08 bits per heavy atom. The molecule has 124 valence electrons. The van der Waals surface area contributed by atoms with Crippen LogP contribution < -0.4 is 5.32 Å². The van der Waals surface area contributed by atoms with Crippen molar-refractivity contribution in [2.24, 2.45) is 0 Å². The van der Waals surface area contributed by atoms with Gasteiger partial charge in [0.25, 0.3) is 5.91 Å². The number of carbonyl (C=O) groups excluding carboxylic acids is 2. The molecule has 0 heterocycles. The topological polar surface area (TPSA) is 103 Å². The minimum atomic E-state index is -0.928. The zero-order valence-electron chi connectivity index (χ0n) is 13.5. The summed E-state index contributed by atoms with van der Waals surface area (Å²) in [6.07, 6.45) is 0.137. The Kier molecular flexibility index (Phi) is 5.86. The average Bonchev–Trinajstić information content (AvgIpc) is 2.67. The molecule has 0 spiro atoms. The molecule has 0 unspecified atom stereocenters. The van der Waals surface area contributed by atoms with Crippen LogP contribution in [0.5, 0.6) is 0 Å². The van der Waals surface area contributed by atoms with Crippen LogP contribution in [-0.2, 0) is 16.0 Å². The largest absolute Gasteiger partial charge is 0.467 e. The second-order valence-electron chi connectivity index (χ2n) is 5.21. The van der Waals surface area contributed by atoms with Gasteiger partial charge in [0, 0.05) is 12.0 Å². The van der Waals surface area contributed by atoms with E-state index in [1.54, 1.807) is 24.3 Å². The van der Waals surface area contributed by atoms with Crippen molar-refractivity contribution in [3.63, 3.8) is 0 Å². The van der Waals surface area contributed by atoms with Gasteiger partial charge in [-0.1, -0.05) is 18.2 Å². The smallest absolute Gasteiger partial charge is 0.328 e. The Hall–Kier alpha value is -3.64. The van der Waals surface area contributed by atoms with E-state index in [0.29, 0.717) is 22.3 Å². The first-order valence-corrected chi connectivity index (χ1v) is 7.46. The Labute approximate surface area is 145 Å². The first-order valence-electron chi connectivity index (χ1n) is 7.46. The fourth-order valence-corrected chi connectivity index (χ4v) is 2.30. The molecule has 1 atom stereocenters. The number of nitrogens with one attached hydrogen (secondary N) is 1. The van der Waals surface area contributed by atoms with Crippen LogP contribution in [0.25, 0.3) is 0 Å². The van der Waals surface area contributed by atoms with Crippen molar-refractivity contribution in [1.82, 2.24) is 5.32 Å². The van der Waals surface area contributed by atoms with E-state index in [4.69, 9.17) is 15.3 Å². The lowest BCUT2D eigenvalue weighted by atomic mass is 10.0. The fourth-order valence-electron chi connectivity index (χ4n) is 2.30. The third kappa shape index (κ3) is 4.43. The lowest BCUT2D eigenvalue weighted by Gasteiger charge is -2.17. The van der Waals surface area contributed by atoms with Crippen molar-refractivity contribution in [2.75, 3.05) is 7.11 Å². The maximum Gasteiger partial charge on any atom is 0.328 e. The van der Waals surface area contributed by atoms with Crippen molar-refractivity contribution in [3.05, 3.63) is 70.8 Å². The summed E-state index contributed by atoms with van der Waals surface area (Å²) in [6.45, 7) is 0. The maximum absolute atomic E-state index is 12.4. The molecule has 6 nitrogen and oxygen atoms in total. The van der Waals surface area contributed by atoms with Crippen molar-refractivity contribution < 1.29 is 14.3 Å². The first-order chi connectivity index (χ1) is 12.1. The maximum atomic E-state index is 12.4. The Morgan fingerprint density at radius 3 is 2.36 bits per heavy atom. The fraction of sp³-hybridized carbons (Fsp3) is 0.158. The van der Waals surface area contributed by atoms with E-state index >= 15 is 0 Å². The molecule has 25 heavy (non-hydrogen) atoms. The molecule has 2 rings (SSSR count). The van der Waals surface area contributed by atoms with Gasteiger partial charge in [-0.2, -0.15) is 10.5 Å². The molecule has 0 aromatic heterocycles. The number of hydrogen-bond donors (Lipinski definition) is 1. The molecular formula is C19H15N3O3. The first kappa shape index (κ1) is 17.7. The molecule has 6 heteroatoms. The summed E-state index contributed by atoms with van der Waals surface area (Å²) in [6, 6.07) is 16.0. The standard InChI is InChI=1S/C19H15N3O3/c1-25-19(24)17(10-15-4-2-3-5-16(15)12-21)22-18(23)14-8-6-13(11-20)7-9-14/h2-9,17H,10H2,1H3,(H,22,23)/t17-/m0/s1. The van der Waals surface area contributed by atoms with Gasteiger partial charge in [-0.3, -0.25) is 4.79 Å². The van der Waals surface area contributed by atoms with Gasteiger partial charge in [0.1, 0.15) is 6.04 Å². The van der Waals surface area contributed by atoms with Crippen LogP contribution in [0.15, 0.2) is 48.5 Å². The number of nitrogens with zero attached hydrogens (tertiary/aromatic N) is 2. The van der Waals surface area contributed by atoms with E-state index in [9.17, 15) is 9.59 Å². The number of amides is 1. The van der Waals surface area contributed by atoms with Crippen LogP contribution in [0.2, 0.25) is 0 Å². The number of ether oxygens (including phenoxy) is 1. The SMILES string of the molecule is COC(=O)[C@H](Cc1ccccc1C#N)NC(=O)c1ccc(C#N)cc1. The van der Waals surface area contributed by atoms with Gasteiger partial charge in [0.2, 0.25) is 0 Å². The number of hydrogen-bond acceptors (Lipinski definition) is 5. The summed E-state index contributed by atoms with van der Waals surface area (Å²) in [5.41, 5.74) is 1.83. The number of carbonyl (C=O) groups is 2. The Morgan fingerprint density at radius 2 is 1.76 bits per heavy atom. The molecule has 0 aliphatic rings. The third-order valence-corrected chi connectivity index (χ3v) is 3.63. The molecule has 2 aromatic carbocycles. The highest BCUT2D eigenvalue weighted by Crippen LogP contribution is 2.12. The van der Waals surface area contributed by atoms with Gasteiger partial charge in [0.05, 0.1) is 30.4 Å². The normalized spacial score (nSPS) is 10.8. The summed E-state index contributed by atoms with van der Waals surface area (Å²) >= 11 is 0.